The number of aromatic nitrogens is 5. The van der Waals surface area contributed by atoms with Crippen LogP contribution in [0, 0.1) is 31.7 Å². The van der Waals surface area contributed by atoms with Crippen LogP contribution in [-0.4, -0.2) is 35.5 Å². The summed E-state index contributed by atoms with van der Waals surface area (Å²) in [7, 11) is 0. The Morgan fingerprint density at radius 3 is 2.36 bits per heavy atom. The largest absolute Gasteiger partial charge is 0.512 e. The van der Waals surface area contributed by atoms with Crippen LogP contribution in [0.4, 0.5) is 0 Å². The van der Waals surface area contributed by atoms with E-state index in [1.54, 1.807) is 24.0 Å². The minimum atomic E-state index is 0. The molecule has 0 saturated heterocycles. The number of carbonyl (C=O) groups excluding carboxylic acids is 1. The Morgan fingerprint density at radius 2 is 1.75 bits per heavy atom. The van der Waals surface area contributed by atoms with Crippen LogP contribution in [0.3, 0.4) is 0 Å². The van der Waals surface area contributed by atoms with Gasteiger partial charge >= 0.3 is 0 Å². The van der Waals surface area contributed by atoms with E-state index >= 15 is 0 Å². The molecule has 3 aromatic heterocycles. The van der Waals surface area contributed by atoms with Crippen LogP contribution in [0.1, 0.15) is 64.5 Å². The average molecular weight is 685 g/mol. The van der Waals surface area contributed by atoms with Crippen molar-refractivity contribution >= 4 is 32.4 Å². The first-order valence-corrected chi connectivity index (χ1v) is 13.0. The number of hydrogen-bond acceptors (Lipinski definition) is 7. The van der Waals surface area contributed by atoms with Gasteiger partial charge in [-0.05, 0) is 25.7 Å². The Bertz CT molecular complexity index is 1300. The van der Waals surface area contributed by atoms with Gasteiger partial charge in [-0.25, -0.2) is 4.98 Å². The minimum absolute atomic E-state index is 0. The Kier molecular flexibility index (Phi) is 11.3. The summed E-state index contributed by atoms with van der Waals surface area (Å²) in [6, 6.07) is 7.56. The van der Waals surface area contributed by atoms with Crippen molar-refractivity contribution in [2.45, 2.75) is 67.2 Å². The van der Waals surface area contributed by atoms with Crippen LogP contribution >= 0.6 is 11.3 Å². The molecule has 0 fully saturated rings. The number of rotatable bonds is 8. The van der Waals surface area contributed by atoms with Crippen LogP contribution in [0.25, 0.3) is 26.6 Å². The number of nitrogens with zero attached hydrogens (tertiary/aromatic N) is 5. The van der Waals surface area contributed by atoms with Gasteiger partial charge < -0.3 is 5.11 Å². The van der Waals surface area contributed by atoms with Gasteiger partial charge in [0.1, 0.15) is 12.7 Å². The summed E-state index contributed by atoms with van der Waals surface area (Å²) >= 11 is 1.55. The molecule has 0 bridgehead atoms. The Morgan fingerprint density at radius 1 is 1.08 bits per heavy atom. The topological polar surface area (TPSA) is 93.3 Å². The van der Waals surface area contributed by atoms with Crippen molar-refractivity contribution in [3.8, 4) is 11.3 Å². The molecule has 1 N–H and O–H groups in total. The maximum absolute atomic E-state index is 11.7. The second kappa shape index (κ2) is 13.7. The van der Waals surface area contributed by atoms with E-state index in [4.69, 9.17) is 0 Å². The van der Waals surface area contributed by atoms with Gasteiger partial charge in [-0.2, -0.15) is 0 Å². The fourth-order valence-corrected chi connectivity index (χ4v) is 5.16. The van der Waals surface area contributed by atoms with Gasteiger partial charge in [-0.1, -0.05) is 41.5 Å². The number of benzene rings is 1. The number of allylic oxidation sites excluding steroid dienone is 2. The van der Waals surface area contributed by atoms with Gasteiger partial charge in [-0.3, -0.25) is 14.2 Å². The number of thiazole rings is 1. The molecule has 1 radical (unpaired) electrons. The predicted octanol–water partition coefficient (Wildman–Crippen LogP) is 6.69. The van der Waals surface area contributed by atoms with Crippen molar-refractivity contribution in [3.63, 3.8) is 0 Å². The summed E-state index contributed by atoms with van der Waals surface area (Å²) in [5, 5.41) is 17.7. The summed E-state index contributed by atoms with van der Waals surface area (Å²) in [5.41, 5.74) is 5.04. The van der Waals surface area contributed by atoms with Crippen molar-refractivity contribution in [2.75, 3.05) is 0 Å². The molecule has 4 aromatic rings. The van der Waals surface area contributed by atoms with Crippen LogP contribution < -0.4 is 0 Å². The van der Waals surface area contributed by atoms with E-state index in [0.29, 0.717) is 0 Å². The third-order valence-electron chi connectivity index (χ3n) is 6.21. The standard InChI is InChI=1S/C14H10N5S.C13H24O2.Ir/c1-8-3-9(2)5-10(4-8)11-12-13(16-6-15-11)19-7-17-18-14(19)20-12;1-5-10(6-2)12(14)9-13(15)11(7-3)8-4;/h3-4,6-7H,1-2H3;9-11,14H,5-8H2,1-4H3;/q-1;;/b;12-9-;. The molecule has 0 saturated carbocycles. The first kappa shape index (κ1) is 29.7. The molecule has 0 amide bonds. The number of hydrogen-bond donors (Lipinski definition) is 1. The van der Waals surface area contributed by atoms with Gasteiger partial charge in [0.05, 0.1) is 10.5 Å². The SMILES string of the molecule is CCC(CC)C(=O)/C=C(\O)C(CC)CC.Cc1[c-]c(-c2ncnc3c2sc2nncn23)cc(C)c1.[Ir]. The molecule has 3 heterocycles. The summed E-state index contributed by atoms with van der Waals surface area (Å²) in [5.74, 6) is 0.547. The van der Waals surface area contributed by atoms with E-state index in [-0.39, 0.29) is 43.5 Å². The van der Waals surface area contributed by atoms with E-state index in [9.17, 15) is 9.90 Å². The first-order valence-electron chi connectivity index (χ1n) is 12.2. The van der Waals surface area contributed by atoms with E-state index in [2.05, 4.69) is 45.3 Å². The zero-order chi connectivity index (χ0) is 25.5. The maximum atomic E-state index is 11.7. The molecule has 9 heteroatoms. The third kappa shape index (κ3) is 6.84. The van der Waals surface area contributed by atoms with Gasteiger partial charge in [0.15, 0.2) is 11.4 Å². The molecule has 0 aliphatic rings. The first-order chi connectivity index (χ1) is 16.8. The molecule has 0 unspecified atom stereocenters. The van der Waals surface area contributed by atoms with Gasteiger partial charge in [0.25, 0.3) is 0 Å². The fraction of sp³-hybridized carbons (Fsp3) is 0.444. The van der Waals surface area contributed by atoms with E-state index in [1.165, 1.54) is 11.6 Å². The monoisotopic (exact) mass is 685 g/mol. The smallest absolute Gasteiger partial charge is 0.217 e. The van der Waals surface area contributed by atoms with Crippen LogP contribution in [0.2, 0.25) is 0 Å². The zero-order valence-corrected chi connectivity index (χ0v) is 24.9. The van der Waals surface area contributed by atoms with Crippen LogP contribution in [0.5, 0.6) is 0 Å². The van der Waals surface area contributed by atoms with Crippen molar-refractivity contribution < 1.29 is 30.0 Å². The zero-order valence-electron chi connectivity index (χ0n) is 21.7. The van der Waals surface area contributed by atoms with E-state index < -0.39 is 0 Å². The number of aryl methyl sites for hydroxylation is 2. The Balaban J connectivity index is 0.000000260. The summed E-state index contributed by atoms with van der Waals surface area (Å²) in [4.78, 5) is 21.3. The van der Waals surface area contributed by atoms with Crippen molar-refractivity contribution in [1.29, 1.82) is 0 Å². The predicted molar refractivity (Wildman–Crippen MR) is 142 cm³/mol. The van der Waals surface area contributed by atoms with Crippen LogP contribution in [-0.2, 0) is 24.9 Å². The van der Waals surface area contributed by atoms with E-state index in [1.807, 2.05) is 39.0 Å². The third-order valence-corrected chi connectivity index (χ3v) is 7.25. The molecule has 0 aliphatic heterocycles. The summed E-state index contributed by atoms with van der Waals surface area (Å²) in [6.45, 7) is 12.2. The molecule has 0 atom stereocenters. The second-order valence-electron chi connectivity index (χ2n) is 8.71. The molecule has 0 aliphatic carbocycles. The van der Waals surface area contributed by atoms with Gasteiger partial charge in [0, 0.05) is 43.7 Å². The molecule has 4 rings (SSSR count). The van der Waals surface area contributed by atoms with E-state index in [0.717, 1.165) is 57.8 Å². The van der Waals surface area contributed by atoms with Crippen molar-refractivity contribution in [2.24, 2.45) is 11.8 Å². The van der Waals surface area contributed by atoms with Crippen molar-refractivity contribution in [3.05, 3.63) is 53.8 Å². The maximum Gasteiger partial charge on any atom is 0.217 e. The number of fused-ring (bicyclic) bond motifs is 3. The Hall–Kier alpha value is -2.48. The number of aliphatic hydroxyl groups is 1. The fourth-order valence-electron chi connectivity index (χ4n) is 4.15. The molecular weight excluding hydrogens is 651 g/mol. The number of carbonyl (C=O) groups is 1. The average Bonchev–Trinajstić information content (AvgIpc) is 3.42. The molecular formula is C27H34IrN5O2S-. The second-order valence-corrected chi connectivity index (χ2v) is 9.69. The molecule has 1 aromatic carbocycles. The van der Waals surface area contributed by atoms with Gasteiger partial charge in [0.2, 0.25) is 4.96 Å². The molecule has 36 heavy (non-hydrogen) atoms. The number of aliphatic hydroxyl groups excluding tert-OH is 1. The normalized spacial score (nSPS) is 11.6. The minimum Gasteiger partial charge on any atom is -0.512 e. The summed E-state index contributed by atoms with van der Waals surface area (Å²) in [6.07, 6.45) is 8.16. The van der Waals surface area contributed by atoms with Gasteiger partial charge in [-0.15, -0.1) is 56.4 Å². The number of ketones is 1. The molecule has 0 spiro atoms. The molecule has 195 valence electrons. The Labute approximate surface area is 230 Å². The molecule has 7 nitrogen and oxygen atoms in total. The van der Waals surface area contributed by atoms with Crippen molar-refractivity contribution in [1.82, 2.24) is 24.6 Å². The summed E-state index contributed by atoms with van der Waals surface area (Å²) < 4.78 is 2.90. The quantitative estimate of drug-likeness (QED) is 0.126. The van der Waals surface area contributed by atoms with Crippen LogP contribution in [0.15, 0.2) is 36.6 Å².